The molecule has 0 aromatic heterocycles. The second-order valence-electron chi connectivity index (χ2n) is 4.93. The maximum Gasteiger partial charge on any atom is 0.253 e. The Labute approximate surface area is 119 Å². The lowest BCUT2D eigenvalue weighted by atomic mass is 10.1. The summed E-state index contributed by atoms with van der Waals surface area (Å²) in [6.07, 6.45) is 1.02. The van der Waals surface area contributed by atoms with Crippen LogP contribution in [0.15, 0.2) is 24.3 Å². The Morgan fingerprint density at radius 1 is 1.20 bits per heavy atom. The van der Waals surface area contributed by atoms with Crippen molar-refractivity contribution < 1.29 is 14.7 Å². The van der Waals surface area contributed by atoms with E-state index in [1.165, 1.54) is 4.90 Å². The predicted octanol–water partition coefficient (Wildman–Crippen LogP) is 1.28. The second kappa shape index (κ2) is 7.65. The Kier molecular flexibility index (Phi) is 6.18. The summed E-state index contributed by atoms with van der Waals surface area (Å²) in [5.41, 5.74) is 1.02. The lowest BCUT2D eigenvalue weighted by Gasteiger charge is -2.12. The fourth-order valence-corrected chi connectivity index (χ4v) is 1.77. The number of carbonyl (C=O) groups excluding carboxylic acids is 2. The van der Waals surface area contributed by atoms with Gasteiger partial charge in [-0.1, -0.05) is 13.3 Å². The molecule has 0 aliphatic rings. The number of rotatable bonds is 6. The largest absolute Gasteiger partial charge is 0.391 e. The minimum absolute atomic E-state index is 0.102. The minimum atomic E-state index is -0.515. The first-order chi connectivity index (χ1) is 9.45. The highest BCUT2D eigenvalue weighted by Gasteiger charge is 2.11. The van der Waals surface area contributed by atoms with E-state index in [0.717, 1.165) is 6.42 Å². The molecule has 0 saturated heterocycles. The third-order valence-electron chi connectivity index (χ3n) is 2.92. The summed E-state index contributed by atoms with van der Waals surface area (Å²) in [5, 5.41) is 12.2. The van der Waals surface area contributed by atoms with Crippen molar-refractivity contribution in [1.29, 1.82) is 0 Å². The molecule has 110 valence electrons. The van der Waals surface area contributed by atoms with E-state index in [1.807, 2.05) is 6.92 Å². The van der Waals surface area contributed by atoms with Crippen molar-refractivity contribution in [2.75, 3.05) is 20.6 Å². The van der Waals surface area contributed by atoms with Crippen LogP contribution >= 0.6 is 0 Å². The molecule has 0 aliphatic carbocycles. The predicted molar refractivity (Wildman–Crippen MR) is 77.7 cm³/mol. The number of amides is 2. The summed E-state index contributed by atoms with van der Waals surface area (Å²) in [6.45, 7) is 2.22. The maximum absolute atomic E-state index is 11.9. The van der Waals surface area contributed by atoms with Crippen LogP contribution in [0, 0.1) is 0 Å². The van der Waals surface area contributed by atoms with Gasteiger partial charge in [0.25, 0.3) is 11.8 Å². The van der Waals surface area contributed by atoms with E-state index in [2.05, 4.69) is 5.32 Å². The molecule has 20 heavy (non-hydrogen) atoms. The molecule has 5 heteroatoms. The van der Waals surface area contributed by atoms with Crippen molar-refractivity contribution >= 4 is 11.8 Å². The quantitative estimate of drug-likeness (QED) is 0.823. The van der Waals surface area contributed by atoms with Crippen molar-refractivity contribution in [3.05, 3.63) is 35.4 Å². The highest BCUT2D eigenvalue weighted by molar-refractivity contribution is 5.97. The van der Waals surface area contributed by atoms with Crippen molar-refractivity contribution in [3.63, 3.8) is 0 Å². The summed E-state index contributed by atoms with van der Waals surface area (Å²) >= 11 is 0. The number of aliphatic hydroxyl groups excluding tert-OH is 1. The second-order valence-corrected chi connectivity index (χ2v) is 4.93. The van der Waals surface area contributed by atoms with Gasteiger partial charge in [-0.3, -0.25) is 9.59 Å². The number of hydrogen-bond acceptors (Lipinski definition) is 3. The molecule has 0 spiro atoms. The highest BCUT2D eigenvalue weighted by Crippen LogP contribution is 2.06. The Hall–Kier alpha value is -1.88. The number of benzene rings is 1. The molecule has 1 atom stereocenters. The topological polar surface area (TPSA) is 69.6 Å². The van der Waals surface area contributed by atoms with Gasteiger partial charge in [0.2, 0.25) is 0 Å². The summed E-state index contributed by atoms with van der Waals surface area (Å²) in [4.78, 5) is 25.0. The van der Waals surface area contributed by atoms with Gasteiger partial charge >= 0.3 is 0 Å². The SMILES string of the molecule is CCCC(O)CNC(=O)c1ccc(C(=O)N(C)C)cc1. The lowest BCUT2D eigenvalue weighted by molar-refractivity contribution is 0.0826. The van der Waals surface area contributed by atoms with Crippen molar-refractivity contribution in [2.45, 2.75) is 25.9 Å². The van der Waals surface area contributed by atoms with Gasteiger partial charge < -0.3 is 15.3 Å². The highest BCUT2D eigenvalue weighted by atomic mass is 16.3. The number of carbonyl (C=O) groups is 2. The standard InChI is InChI=1S/C15H22N2O3/c1-4-5-13(18)10-16-14(19)11-6-8-12(9-7-11)15(20)17(2)3/h6-9,13,18H,4-5,10H2,1-3H3,(H,16,19). The van der Waals surface area contributed by atoms with Crippen LogP contribution in [0.4, 0.5) is 0 Å². The third-order valence-corrected chi connectivity index (χ3v) is 2.92. The first-order valence-electron chi connectivity index (χ1n) is 6.73. The van der Waals surface area contributed by atoms with Gasteiger partial charge in [0.15, 0.2) is 0 Å². The van der Waals surface area contributed by atoms with E-state index in [9.17, 15) is 14.7 Å². The number of nitrogens with zero attached hydrogens (tertiary/aromatic N) is 1. The van der Waals surface area contributed by atoms with Crippen LogP contribution in [-0.4, -0.2) is 48.6 Å². The van der Waals surface area contributed by atoms with E-state index in [-0.39, 0.29) is 18.4 Å². The zero-order chi connectivity index (χ0) is 15.1. The smallest absolute Gasteiger partial charge is 0.253 e. The van der Waals surface area contributed by atoms with Crippen molar-refractivity contribution in [3.8, 4) is 0 Å². The molecule has 1 rings (SSSR count). The fourth-order valence-electron chi connectivity index (χ4n) is 1.77. The Balaban J connectivity index is 2.60. The van der Waals surface area contributed by atoms with Crippen LogP contribution in [0.1, 0.15) is 40.5 Å². The van der Waals surface area contributed by atoms with Gasteiger partial charge in [-0.05, 0) is 30.7 Å². The van der Waals surface area contributed by atoms with E-state index in [4.69, 9.17) is 0 Å². The van der Waals surface area contributed by atoms with E-state index >= 15 is 0 Å². The summed E-state index contributed by atoms with van der Waals surface area (Å²) in [7, 11) is 3.36. The number of nitrogens with one attached hydrogen (secondary N) is 1. The zero-order valence-corrected chi connectivity index (χ0v) is 12.2. The average molecular weight is 278 g/mol. The molecule has 1 aromatic rings. The van der Waals surface area contributed by atoms with E-state index < -0.39 is 6.10 Å². The maximum atomic E-state index is 11.9. The van der Waals surface area contributed by atoms with E-state index in [1.54, 1.807) is 38.4 Å². The summed E-state index contributed by atoms with van der Waals surface area (Å²) in [6, 6.07) is 6.47. The van der Waals surface area contributed by atoms with Crippen LogP contribution < -0.4 is 5.32 Å². The molecule has 1 aromatic carbocycles. The molecule has 0 saturated carbocycles. The molecule has 0 aliphatic heterocycles. The number of aliphatic hydroxyl groups is 1. The lowest BCUT2D eigenvalue weighted by Crippen LogP contribution is -2.32. The van der Waals surface area contributed by atoms with Crippen LogP contribution in [0.2, 0.25) is 0 Å². The van der Waals surface area contributed by atoms with Crippen molar-refractivity contribution in [2.24, 2.45) is 0 Å². The van der Waals surface area contributed by atoms with Gasteiger partial charge in [0, 0.05) is 31.8 Å². The Morgan fingerprint density at radius 3 is 2.25 bits per heavy atom. The Morgan fingerprint density at radius 2 is 1.75 bits per heavy atom. The van der Waals surface area contributed by atoms with Gasteiger partial charge in [0.05, 0.1) is 6.10 Å². The molecular formula is C15H22N2O3. The average Bonchev–Trinajstić information content (AvgIpc) is 2.44. The van der Waals surface area contributed by atoms with Crippen molar-refractivity contribution in [1.82, 2.24) is 10.2 Å². The summed E-state index contributed by atoms with van der Waals surface area (Å²) in [5.74, 6) is -0.348. The molecule has 2 amide bonds. The molecule has 0 bridgehead atoms. The first-order valence-corrected chi connectivity index (χ1v) is 6.73. The zero-order valence-electron chi connectivity index (χ0n) is 12.2. The number of hydrogen-bond donors (Lipinski definition) is 2. The van der Waals surface area contributed by atoms with E-state index in [0.29, 0.717) is 17.5 Å². The molecule has 0 heterocycles. The fraction of sp³-hybridized carbons (Fsp3) is 0.467. The molecule has 1 unspecified atom stereocenters. The molecule has 2 N–H and O–H groups in total. The van der Waals surface area contributed by atoms with Gasteiger partial charge in [-0.25, -0.2) is 0 Å². The normalized spacial score (nSPS) is 11.8. The van der Waals surface area contributed by atoms with Gasteiger partial charge in [0.1, 0.15) is 0 Å². The molecule has 0 fully saturated rings. The monoisotopic (exact) mass is 278 g/mol. The first kappa shape index (κ1) is 16.2. The van der Waals surface area contributed by atoms with Crippen LogP contribution in [0.3, 0.4) is 0 Å². The third kappa shape index (κ3) is 4.66. The minimum Gasteiger partial charge on any atom is -0.391 e. The van der Waals surface area contributed by atoms with Crippen LogP contribution in [0.25, 0.3) is 0 Å². The molecule has 5 nitrogen and oxygen atoms in total. The molecular weight excluding hydrogens is 256 g/mol. The molecule has 0 radical (unpaired) electrons. The Bertz CT molecular complexity index is 455. The van der Waals surface area contributed by atoms with Gasteiger partial charge in [-0.15, -0.1) is 0 Å². The van der Waals surface area contributed by atoms with Crippen LogP contribution in [0.5, 0.6) is 0 Å². The van der Waals surface area contributed by atoms with Gasteiger partial charge in [-0.2, -0.15) is 0 Å². The summed E-state index contributed by atoms with van der Waals surface area (Å²) < 4.78 is 0. The van der Waals surface area contributed by atoms with Crippen LogP contribution in [-0.2, 0) is 0 Å².